The number of hydrogen-bond donors (Lipinski definition) is 1. The van der Waals surface area contributed by atoms with Crippen LogP contribution in [0.1, 0.15) is 52.0 Å². The molecule has 1 aliphatic rings. The van der Waals surface area contributed by atoms with E-state index in [9.17, 15) is 14.4 Å². The van der Waals surface area contributed by atoms with Crippen molar-refractivity contribution in [1.82, 2.24) is 19.4 Å². The van der Waals surface area contributed by atoms with Crippen LogP contribution in [-0.2, 0) is 11.8 Å². The Morgan fingerprint density at radius 1 is 0.936 bits per heavy atom. The molecular weight excluding hydrogens is 596 g/mol. The zero-order chi connectivity index (χ0) is 33.5. The second kappa shape index (κ2) is 15.1. The van der Waals surface area contributed by atoms with Crippen LogP contribution in [0.15, 0.2) is 60.9 Å². The number of nitrogens with one attached hydrogen (secondary N) is 1. The zero-order valence-corrected chi connectivity index (χ0v) is 27.9. The quantitative estimate of drug-likeness (QED) is 0.214. The number of carbonyl (C=O) groups is 3. The van der Waals surface area contributed by atoms with E-state index in [2.05, 4.69) is 22.2 Å². The molecule has 0 bridgehead atoms. The normalized spacial score (nSPS) is 13.4. The van der Waals surface area contributed by atoms with Crippen LogP contribution < -0.4 is 19.7 Å². The van der Waals surface area contributed by atoms with E-state index in [0.29, 0.717) is 47.0 Å². The topological polar surface area (TPSA) is 109 Å². The second-order valence-electron chi connectivity index (χ2n) is 12.1. The first kappa shape index (κ1) is 33.5. The monoisotopic (exact) mass is 640 g/mol. The largest absolute Gasteiger partial charge is 0.495 e. The van der Waals surface area contributed by atoms with E-state index in [-0.39, 0.29) is 17.7 Å². The summed E-state index contributed by atoms with van der Waals surface area (Å²) in [7, 11) is 7.13. The van der Waals surface area contributed by atoms with E-state index in [0.717, 1.165) is 62.0 Å². The average Bonchev–Trinajstić information content (AvgIpc) is 3.46. The standard InChI is InChI=1S/C36H44N6O5/c1-25-13-16-30(32(22-25)47-21-8-6-7-12-33(43)42-19-17-39(2)18-20-42)41(4)36(45)26-14-15-28(31(23-26)46-5)38-35(44)27-10-9-11-29-34(27)40(3)24-37-29/h9-11,13-16,22-24H,6-8,12,17-21H2,1-5H3,(H,38,44). The van der Waals surface area contributed by atoms with Gasteiger partial charge in [0.1, 0.15) is 11.5 Å². The number of hydrogen-bond acceptors (Lipinski definition) is 7. The van der Waals surface area contributed by atoms with Crippen molar-refractivity contribution in [3.63, 3.8) is 0 Å². The number of aryl methyl sites for hydroxylation is 2. The number of rotatable bonds is 12. The lowest BCUT2D eigenvalue weighted by molar-refractivity contribution is -0.132. The molecule has 1 aliphatic heterocycles. The molecule has 5 rings (SSSR count). The van der Waals surface area contributed by atoms with Gasteiger partial charge in [0.15, 0.2) is 0 Å². The van der Waals surface area contributed by atoms with E-state index in [4.69, 9.17) is 9.47 Å². The number of aromatic nitrogens is 2. The maximum Gasteiger partial charge on any atom is 0.258 e. The molecule has 1 aromatic heterocycles. The summed E-state index contributed by atoms with van der Waals surface area (Å²) in [5, 5.41) is 2.92. The number of methoxy groups -OCH3 is 1. The van der Waals surface area contributed by atoms with Crippen molar-refractivity contribution in [2.45, 2.75) is 32.6 Å². The van der Waals surface area contributed by atoms with E-state index < -0.39 is 0 Å². The predicted octanol–water partition coefficient (Wildman–Crippen LogP) is 5.13. The van der Waals surface area contributed by atoms with Gasteiger partial charge in [-0.1, -0.05) is 12.1 Å². The lowest BCUT2D eigenvalue weighted by Gasteiger charge is -2.32. The van der Waals surface area contributed by atoms with Crippen molar-refractivity contribution < 1.29 is 23.9 Å². The van der Waals surface area contributed by atoms with Gasteiger partial charge in [-0.3, -0.25) is 14.4 Å². The van der Waals surface area contributed by atoms with Gasteiger partial charge in [-0.05, 0) is 81.3 Å². The van der Waals surface area contributed by atoms with Crippen molar-refractivity contribution in [2.24, 2.45) is 7.05 Å². The minimum atomic E-state index is -0.309. The Bertz CT molecular complexity index is 1740. The summed E-state index contributed by atoms with van der Waals surface area (Å²) in [6, 6.07) is 16.1. The fraction of sp³-hybridized carbons (Fsp3) is 0.389. The smallest absolute Gasteiger partial charge is 0.258 e. The van der Waals surface area contributed by atoms with Crippen LogP contribution in [0.4, 0.5) is 11.4 Å². The molecule has 47 heavy (non-hydrogen) atoms. The fourth-order valence-corrected chi connectivity index (χ4v) is 5.78. The van der Waals surface area contributed by atoms with Gasteiger partial charge < -0.3 is 34.1 Å². The molecule has 11 nitrogen and oxygen atoms in total. The number of imidazole rings is 1. The summed E-state index contributed by atoms with van der Waals surface area (Å²) >= 11 is 0. The predicted molar refractivity (Wildman–Crippen MR) is 184 cm³/mol. The van der Waals surface area contributed by atoms with Crippen LogP contribution in [-0.4, -0.2) is 91.1 Å². The summed E-state index contributed by atoms with van der Waals surface area (Å²) in [6.07, 6.45) is 4.74. The number of likely N-dealkylation sites (N-methyl/N-ethyl adjacent to an activating group) is 1. The van der Waals surface area contributed by atoms with Gasteiger partial charge in [0.05, 0.1) is 48.0 Å². The van der Waals surface area contributed by atoms with Gasteiger partial charge in [0.2, 0.25) is 5.91 Å². The summed E-state index contributed by atoms with van der Waals surface area (Å²) in [6.45, 7) is 5.93. The average molecular weight is 641 g/mol. The second-order valence-corrected chi connectivity index (χ2v) is 12.1. The summed E-state index contributed by atoms with van der Waals surface area (Å²) in [4.78, 5) is 49.5. The molecule has 0 saturated carbocycles. The Labute approximate surface area is 276 Å². The maximum atomic E-state index is 13.7. The number of amides is 3. The number of fused-ring (bicyclic) bond motifs is 1. The molecule has 0 aliphatic carbocycles. The van der Waals surface area contributed by atoms with E-state index in [1.54, 1.807) is 53.2 Å². The van der Waals surface area contributed by atoms with E-state index >= 15 is 0 Å². The number of nitrogens with zero attached hydrogens (tertiary/aromatic N) is 5. The number of piperazine rings is 1. The van der Waals surface area contributed by atoms with Crippen LogP contribution in [0.2, 0.25) is 0 Å². The Morgan fingerprint density at radius 2 is 1.72 bits per heavy atom. The SMILES string of the molecule is COc1cc(C(=O)N(C)c2ccc(C)cc2OCCCCCC(=O)N2CCN(C)CC2)ccc1NC(=O)c1cccc2ncn(C)c12. The Balaban J connectivity index is 1.19. The van der Waals surface area contributed by atoms with Gasteiger partial charge in [0.25, 0.3) is 11.8 Å². The van der Waals surface area contributed by atoms with Crippen molar-refractivity contribution in [1.29, 1.82) is 0 Å². The third-order valence-electron chi connectivity index (χ3n) is 8.61. The minimum absolute atomic E-state index is 0.231. The molecule has 0 radical (unpaired) electrons. The first-order valence-corrected chi connectivity index (χ1v) is 16.0. The van der Waals surface area contributed by atoms with Crippen LogP contribution in [0.25, 0.3) is 11.0 Å². The van der Waals surface area contributed by atoms with Crippen molar-refractivity contribution >= 4 is 40.1 Å². The van der Waals surface area contributed by atoms with Gasteiger partial charge in [-0.25, -0.2) is 4.98 Å². The molecule has 0 atom stereocenters. The Hall–Kier alpha value is -4.90. The number of unbranched alkanes of at least 4 members (excludes halogenated alkanes) is 2. The highest BCUT2D eigenvalue weighted by atomic mass is 16.5. The number of ether oxygens (including phenoxy) is 2. The molecule has 0 unspecified atom stereocenters. The molecular formula is C36H44N6O5. The molecule has 1 fully saturated rings. The lowest BCUT2D eigenvalue weighted by Crippen LogP contribution is -2.47. The van der Waals surface area contributed by atoms with Gasteiger partial charge >= 0.3 is 0 Å². The van der Waals surface area contributed by atoms with Crippen LogP contribution in [0.3, 0.4) is 0 Å². The van der Waals surface area contributed by atoms with Crippen molar-refractivity contribution in [3.05, 3.63) is 77.6 Å². The molecule has 11 heteroatoms. The molecule has 0 spiro atoms. The number of carbonyl (C=O) groups excluding carboxylic acids is 3. The third kappa shape index (κ3) is 7.91. The number of anilines is 2. The zero-order valence-electron chi connectivity index (χ0n) is 27.9. The van der Waals surface area contributed by atoms with Crippen LogP contribution >= 0.6 is 0 Å². The third-order valence-corrected chi connectivity index (χ3v) is 8.61. The summed E-state index contributed by atoms with van der Waals surface area (Å²) in [5.41, 5.74) is 4.44. The Kier molecular flexibility index (Phi) is 10.8. The van der Waals surface area contributed by atoms with E-state index in [1.807, 2.05) is 43.1 Å². The first-order chi connectivity index (χ1) is 22.7. The summed E-state index contributed by atoms with van der Waals surface area (Å²) in [5.74, 6) is 0.652. The first-order valence-electron chi connectivity index (χ1n) is 16.0. The van der Waals surface area contributed by atoms with Gasteiger partial charge in [-0.15, -0.1) is 0 Å². The molecule has 3 amide bonds. The van der Waals surface area contributed by atoms with Gasteiger partial charge in [0, 0.05) is 52.3 Å². The summed E-state index contributed by atoms with van der Waals surface area (Å²) < 4.78 is 13.6. The molecule has 1 N–H and O–H groups in total. The molecule has 2 heterocycles. The van der Waals surface area contributed by atoms with Gasteiger partial charge in [-0.2, -0.15) is 0 Å². The molecule has 248 valence electrons. The fourth-order valence-electron chi connectivity index (χ4n) is 5.78. The van der Waals surface area contributed by atoms with E-state index in [1.165, 1.54) is 7.11 Å². The minimum Gasteiger partial charge on any atom is -0.495 e. The highest BCUT2D eigenvalue weighted by molar-refractivity contribution is 6.12. The van der Waals surface area contributed by atoms with Crippen LogP contribution in [0, 0.1) is 6.92 Å². The molecule has 3 aromatic carbocycles. The highest BCUT2D eigenvalue weighted by Gasteiger charge is 2.21. The maximum absolute atomic E-state index is 13.7. The van der Waals surface area contributed by atoms with Crippen molar-refractivity contribution in [2.75, 3.05) is 64.2 Å². The highest BCUT2D eigenvalue weighted by Crippen LogP contribution is 2.32. The van der Waals surface area contributed by atoms with Crippen molar-refractivity contribution in [3.8, 4) is 11.5 Å². The molecule has 1 saturated heterocycles. The lowest BCUT2D eigenvalue weighted by atomic mass is 10.1. The number of para-hydroxylation sites is 1. The van der Waals surface area contributed by atoms with Crippen LogP contribution in [0.5, 0.6) is 11.5 Å². The molecule has 4 aromatic rings. The number of benzene rings is 3. The Morgan fingerprint density at radius 3 is 2.49 bits per heavy atom.